The summed E-state index contributed by atoms with van der Waals surface area (Å²) in [5.74, 6) is 5.02. The molecule has 8 nitrogen and oxygen atoms in total. The molecule has 3 aromatic rings. The van der Waals surface area contributed by atoms with Crippen molar-refractivity contribution in [1.29, 1.82) is 5.53 Å². The molecule has 0 aliphatic heterocycles. The van der Waals surface area contributed by atoms with E-state index in [4.69, 9.17) is 11.4 Å². The summed E-state index contributed by atoms with van der Waals surface area (Å²) in [6.07, 6.45) is 7.73. The van der Waals surface area contributed by atoms with Crippen molar-refractivity contribution in [2.24, 2.45) is 27.4 Å². The number of nitrogens with zero attached hydrogens (tertiary/aromatic N) is 3. The average Bonchev–Trinajstić information content (AvgIpc) is 2.97. The third-order valence-corrected chi connectivity index (χ3v) is 7.90. The Bertz CT molecular complexity index is 1410. The highest BCUT2D eigenvalue weighted by Gasteiger charge is 2.33. The van der Waals surface area contributed by atoms with Gasteiger partial charge in [0, 0.05) is 24.2 Å². The Morgan fingerprint density at radius 1 is 1.00 bits per heavy atom. The maximum atomic E-state index is 13.7. The Kier molecular flexibility index (Phi) is 9.09. The van der Waals surface area contributed by atoms with Gasteiger partial charge in [0.05, 0.1) is 0 Å². The van der Waals surface area contributed by atoms with Crippen LogP contribution in [0.5, 0.6) is 0 Å². The molecule has 4 rings (SSSR count). The molecule has 4 N–H and O–H groups in total. The summed E-state index contributed by atoms with van der Waals surface area (Å²) in [5, 5.41) is 11.0. The van der Waals surface area contributed by atoms with E-state index in [0.717, 1.165) is 47.6 Å². The number of hydrazone groups is 1. The quantitative estimate of drug-likeness (QED) is 0.0831. The van der Waals surface area contributed by atoms with Crippen molar-refractivity contribution in [1.82, 2.24) is 10.2 Å². The predicted molar refractivity (Wildman–Crippen MR) is 159 cm³/mol. The molecule has 1 aliphatic carbocycles. The van der Waals surface area contributed by atoms with Crippen LogP contribution < -0.4 is 11.2 Å². The lowest BCUT2D eigenvalue weighted by atomic mass is 9.71. The molecule has 1 aliphatic rings. The van der Waals surface area contributed by atoms with Gasteiger partial charge < -0.3 is 10.7 Å². The number of nitrogens with two attached hydrogens (primary N) is 1. The number of hydrogen-bond donors (Lipinski definition) is 3. The first kappa shape index (κ1) is 28.7. The van der Waals surface area contributed by atoms with Crippen LogP contribution in [0.1, 0.15) is 67.9 Å². The lowest BCUT2D eigenvalue weighted by molar-refractivity contribution is -0.130. The van der Waals surface area contributed by atoms with E-state index in [2.05, 4.69) is 54.5 Å². The van der Waals surface area contributed by atoms with E-state index >= 15 is 0 Å². The van der Waals surface area contributed by atoms with Gasteiger partial charge in [0.15, 0.2) is 0 Å². The predicted octanol–water partition coefficient (Wildman–Crippen LogP) is 6.48. The van der Waals surface area contributed by atoms with Crippen LogP contribution >= 0.6 is 0 Å². The number of carbonyl (C=O) groups excluding carboxylic acids is 2. The summed E-state index contributed by atoms with van der Waals surface area (Å²) >= 11 is 0. The molecule has 0 radical (unpaired) electrons. The maximum absolute atomic E-state index is 13.7. The van der Waals surface area contributed by atoms with Crippen molar-refractivity contribution in [3.63, 3.8) is 0 Å². The largest absolute Gasteiger partial charge is 0.332 e. The lowest BCUT2D eigenvalue weighted by Gasteiger charge is -2.41. The number of fused-ring (bicyclic) bond motifs is 1. The molecule has 1 fully saturated rings. The zero-order valence-electron chi connectivity index (χ0n) is 23.4. The summed E-state index contributed by atoms with van der Waals surface area (Å²) in [7, 11) is 0. The van der Waals surface area contributed by atoms with Crippen molar-refractivity contribution < 1.29 is 9.59 Å². The molecular weight excluding hydrogens is 500 g/mol. The van der Waals surface area contributed by atoms with E-state index < -0.39 is 5.91 Å². The molecule has 40 heavy (non-hydrogen) atoms. The topological polar surface area (TPSA) is 124 Å². The third-order valence-electron chi connectivity index (χ3n) is 7.90. The lowest BCUT2D eigenvalue weighted by Crippen LogP contribution is -2.42. The van der Waals surface area contributed by atoms with Crippen LogP contribution in [0.3, 0.4) is 0 Å². The number of carbonyl (C=O) groups is 2. The second kappa shape index (κ2) is 12.7. The first-order valence-electron chi connectivity index (χ1n) is 13.7. The molecule has 0 heterocycles. The molecule has 0 spiro atoms. The standard InChI is InChI=1S/C32H38N6O2/c1-32(2,3)26-16-18-27(19-17-26)38(21-22-11-13-25(14-12-22)30(40)35-31(36-33)37-34)29(39)20-15-24-9-6-8-23-7-4-5-10-28(23)24/h4-15,20,26-27,33H,16-19,21,34H2,1-3H3,(H,35,37,40)/b20-15+,36-33?. The van der Waals surface area contributed by atoms with E-state index in [9.17, 15) is 9.59 Å². The van der Waals surface area contributed by atoms with Gasteiger partial charge in [-0.1, -0.05) is 75.4 Å². The average molecular weight is 539 g/mol. The van der Waals surface area contributed by atoms with Crippen molar-refractivity contribution >= 4 is 34.6 Å². The summed E-state index contributed by atoms with van der Waals surface area (Å²) in [5.41, 5.74) is 9.58. The molecule has 0 saturated heterocycles. The van der Waals surface area contributed by atoms with Gasteiger partial charge in [-0.3, -0.25) is 14.9 Å². The van der Waals surface area contributed by atoms with Crippen molar-refractivity contribution in [2.45, 2.75) is 59.0 Å². The van der Waals surface area contributed by atoms with E-state index in [1.54, 1.807) is 18.2 Å². The second-order valence-corrected chi connectivity index (χ2v) is 11.5. The number of guanidine groups is 1. The minimum atomic E-state index is -0.460. The molecule has 1 saturated carbocycles. The first-order chi connectivity index (χ1) is 19.2. The Labute approximate surface area is 235 Å². The molecule has 0 aromatic heterocycles. The van der Waals surface area contributed by atoms with E-state index in [1.807, 2.05) is 47.4 Å². The SMILES string of the molecule is CC(C)(C)C1CCC(N(Cc2ccc(C(=O)N/C(N=N)=N/N)cc2)C(=O)/C=C/c2cccc3ccccc23)CC1. The summed E-state index contributed by atoms with van der Waals surface area (Å²) in [6.45, 7) is 7.34. The monoisotopic (exact) mass is 538 g/mol. The molecule has 0 atom stereocenters. The van der Waals surface area contributed by atoms with Crippen LogP contribution in [0.15, 0.2) is 83.0 Å². The number of nitrogens with one attached hydrogen (secondary N) is 2. The molecule has 0 unspecified atom stereocenters. The van der Waals surface area contributed by atoms with Crippen molar-refractivity contribution in [2.75, 3.05) is 0 Å². The number of rotatable bonds is 6. The Hall–Kier alpha value is -4.33. The highest BCUT2D eigenvalue weighted by Crippen LogP contribution is 2.39. The summed E-state index contributed by atoms with van der Waals surface area (Å²) < 4.78 is 0. The first-order valence-corrected chi connectivity index (χ1v) is 13.7. The zero-order valence-corrected chi connectivity index (χ0v) is 23.4. The molecule has 8 heteroatoms. The highest BCUT2D eigenvalue weighted by molar-refractivity contribution is 6.05. The van der Waals surface area contributed by atoms with Gasteiger partial charge in [0.1, 0.15) is 0 Å². The fourth-order valence-corrected chi connectivity index (χ4v) is 5.51. The van der Waals surface area contributed by atoms with Crippen LogP contribution in [-0.4, -0.2) is 28.7 Å². The molecule has 208 valence electrons. The van der Waals surface area contributed by atoms with E-state index in [-0.39, 0.29) is 23.3 Å². The number of amides is 2. The third kappa shape index (κ3) is 7.00. The van der Waals surface area contributed by atoms with Gasteiger partial charge in [0.25, 0.3) is 11.9 Å². The second-order valence-electron chi connectivity index (χ2n) is 11.5. The van der Waals surface area contributed by atoms with Crippen LogP contribution in [0.2, 0.25) is 0 Å². The summed E-state index contributed by atoms with van der Waals surface area (Å²) in [4.78, 5) is 28.1. The van der Waals surface area contributed by atoms with Crippen LogP contribution in [0.4, 0.5) is 0 Å². The van der Waals surface area contributed by atoms with Crippen LogP contribution in [-0.2, 0) is 11.3 Å². The van der Waals surface area contributed by atoms with Crippen molar-refractivity contribution in [3.05, 3.63) is 89.5 Å². The molecular formula is C32H38N6O2. The van der Waals surface area contributed by atoms with Gasteiger partial charge in [-0.15, -0.1) is 10.2 Å². The van der Waals surface area contributed by atoms with E-state index in [0.29, 0.717) is 18.0 Å². The smallest absolute Gasteiger partial charge is 0.265 e. The minimum absolute atomic E-state index is 0.0187. The van der Waals surface area contributed by atoms with E-state index in [1.165, 1.54) is 0 Å². The van der Waals surface area contributed by atoms with Gasteiger partial charge in [0.2, 0.25) is 5.91 Å². The number of hydrogen-bond acceptors (Lipinski definition) is 5. The summed E-state index contributed by atoms with van der Waals surface area (Å²) in [6, 6.07) is 21.5. The molecule has 0 bridgehead atoms. The Morgan fingerprint density at radius 2 is 1.68 bits per heavy atom. The normalized spacial score (nSPS) is 18.0. The van der Waals surface area contributed by atoms with Crippen LogP contribution in [0, 0.1) is 16.9 Å². The van der Waals surface area contributed by atoms with Gasteiger partial charge in [-0.05, 0) is 77.1 Å². The number of benzene rings is 3. The maximum Gasteiger partial charge on any atom is 0.265 e. The van der Waals surface area contributed by atoms with Gasteiger partial charge in [-0.25, -0.2) is 5.53 Å². The zero-order chi connectivity index (χ0) is 28.7. The Balaban J connectivity index is 1.54. The Morgan fingerprint density at radius 3 is 2.33 bits per heavy atom. The highest BCUT2D eigenvalue weighted by atomic mass is 16.2. The fraction of sp³-hybridized carbons (Fsp3) is 0.344. The van der Waals surface area contributed by atoms with Crippen molar-refractivity contribution in [3.8, 4) is 0 Å². The van der Waals surface area contributed by atoms with Crippen LogP contribution in [0.25, 0.3) is 16.8 Å². The molecule has 3 aromatic carbocycles. The fourth-order valence-electron chi connectivity index (χ4n) is 5.51. The minimum Gasteiger partial charge on any atom is -0.332 e. The van der Waals surface area contributed by atoms with Gasteiger partial charge in [-0.2, -0.15) is 0 Å². The molecule has 2 amide bonds. The van der Waals surface area contributed by atoms with Gasteiger partial charge >= 0.3 is 0 Å².